The van der Waals surface area contributed by atoms with Crippen LogP contribution in [0.4, 0.5) is 0 Å². The molecule has 0 bridgehead atoms. The topological polar surface area (TPSA) is 77.1 Å². The van der Waals surface area contributed by atoms with Crippen LogP contribution >= 0.6 is 0 Å². The summed E-state index contributed by atoms with van der Waals surface area (Å²) in [5.41, 5.74) is 9.98. The van der Waals surface area contributed by atoms with Crippen LogP contribution in [0.25, 0.3) is 0 Å². The van der Waals surface area contributed by atoms with Gasteiger partial charge in [-0.25, -0.2) is 13.1 Å². The third-order valence-corrected chi connectivity index (χ3v) is 4.43. The number of rotatable bonds is 5. The number of aryl methyl sites for hydroxylation is 1. The molecule has 0 spiro atoms. The molecule has 1 aliphatic rings. The first-order valence-corrected chi connectivity index (χ1v) is 8.67. The van der Waals surface area contributed by atoms with Crippen LogP contribution < -0.4 is 10.5 Å². The van der Waals surface area contributed by atoms with Crippen molar-refractivity contribution in [2.24, 2.45) is 5.73 Å². The van der Waals surface area contributed by atoms with E-state index in [1.165, 1.54) is 23.2 Å². The van der Waals surface area contributed by atoms with Crippen LogP contribution in [0.5, 0.6) is 0 Å². The monoisotopic (exact) mass is 285 g/mol. The van der Waals surface area contributed by atoms with E-state index in [2.05, 4.69) is 22.3 Å². The van der Waals surface area contributed by atoms with Crippen LogP contribution in [0.15, 0.2) is 6.07 Å². The summed E-state index contributed by atoms with van der Waals surface area (Å²) in [7, 11) is -3.08. The van der Waals surface area contributed by atoms with E-state index in [0.29, 0.717) is 6.54 Å². The predicted octanol–water partition coefficient (Wildman–Crippen LogP) is 1.07. The number of aromatic nitrogens is 1. The molecule has 1 aromatic heterocycles. The lowest BCUT2D eigenvalue weighted by atomic mass is 9.93. The third-order valence-electron chi connectivity index (χ3n) is 3.70. The Morgan fingerprint density at radius 1 is 1.53 bits per heavy atom. The van der Waals surface area contributed by atoms with E-state index >= 15 is 0 Å². The van der Waals surface area contributed by atoms with Crippen molar-refractivity contribution >= 4 is 10.0 Å². The number of hydrogen-bond donors (Lipinski definition) is 2. The van der Waals surface area contributed by atoms with Crippen LogP contribution in [-0.4, -0.2) is 25.8 Å². The summed E-state index contributed by atoms with van der Waals surface area (Å²) in [5.74, 6) is 0. The average Bonchev–Trinajstić information content (AvgIpc) is 2.62. The Balaban J connectivity index is 2.01. The second kappa shape index (κ2) is 5.64. The normalized spacial score (nSPS) is 19.4. The smallest absolute Gasteiger partial charge is 0.208 e. The predicted molar refractivity (Wildman–Crippen MR) is 76.5 cm³/mol. The highest BCUT2D eigenvalue weighted by Gasteiger charge is 2.21. The number of nitrogens with two attached hydrogens (primary N) is 1. The molecule has 5 nitrogen and oxygen atoms in total. The van der Waals surface area contributed by atoms with Crippen LogP contribution in [0.1, 0.15) is 42.3 Å². The SMILES string of the molecule is Cc1cc2c(n1CCCNS(C)(=O)=O)CCCC2N. The van der Waals surface area contributed by atoms with Crippen LogP contribution in [0.2, 0.25) is 0 Å². The Bertz CT molecular complexity index is 548. The van der Waals surface area contributed by atoms with Gasteiger partial charge in [0.25, 0.3) is 0 Å². The minimum atomic E-state index is -3.08. The van der Waals surface area contributed by atoms with E-state index in [1.54, 1.807) is 0 Å². The number of nitrogens with zero attached hydrogens (tertiary/aromatic N) is 1. The lowest BCUT2D eigenvalue weighted by Crippen LogP contribution is -2.24. The highest BCUT2D eigenvalue weighted by molar-refractivity contribution is 7.88. The molecule has 0 saturated heterocycles. The molecule has 0 saturated carbocycles. The molecule has 1 aliphatic carbocycles. The second-order valence-electron chi connectivity index (χ2n) is 5.36. The van der Waals surface area contributed by atoms with Gasteiger partial charge in [0.05, 0.1) is 6.26 Å². The van der Waals surface area contributed by atoms with Gasteiger partial charge in [-0.2, -0.15) is 0 Å². The van der Waals surface area contributed by atoms with Crippen molar-refractivity contribution in [2.45, 2.75) is 45.2 Å². The molecule has 2 rings (SSSR count). The van der Waals surface area contributed by atoms with E-state index in [1.807, 2.05) is 0 Å². The zero-order valence-corrected chi connectivity index (χ0v) is 12.5. The van der Waals surface area contributed by atoms with Crippen molar-refractivity contribution in [1.29, 1.82) is 0 Å². The number of hydrogen-bond acceptors (Lipinski definition) is 3. The molecule has 1 aromatic rings. The van der Waals surface area contributed by atoms with Crippen molar-refractivity contribution in [2.75, 3.05) is 12.8 Å². The molecule has 3 N–H and O–H groups in total. The van der Waals surface area contributed by atoms with E-state index in [9.17, 15) is 8.42 Å². The summed E-state index contributed by atoms with van der Waals surface area (Å²) >= 11 is 0. The highest BCUT2D eigenvalue weighted by Crippen LogP contribution is 2.30. The van der Waals surface area contributed by atoms with E-state index in [4.69, 9.17) is 5.73 Å². The van der Waals surface area contributed by atoms with Crippen molar-refractivity contribution in [3.8, 4) is 0 Å². The summed E-state index contributed by atoms with van der Waals surface area (Å²) < 4.78 is 26.8. The first kappa shape index (κ1) is 14.6. The van der Waals surface area contributed by atoms with Gasteiger partial charge in [-0.3, -0.25) is 0 Å². The Labute approximate surface area is 115 Å². The molecule has 19 heavy (non-hydrogen) atoms. The largest absolute Gasteiger partial charge is 0.348 e. The maximum Gasteiger partial charge on any atom is 0.208 e. The van der Waals surface area contributed by atoms with Crippen molar-refractivity contribution < 1.29 is 8.42 Å². The van der Waals surface area contributed by atoms with Crippen LogP contribution in [0, 0.1) is 6.92 Å². The van der Waals surface area contributed by atoms with Gasteiger partial charge in [0.2, 0.25) is 10.0 Å². The molecular formula is C13H23N3O2S. The lowest BCUT2D eigenvalue weighted by Gasteiger charge is -2.21. The van der Waals surface area contributed by atoms with Crippen molar-refractivity contribution in [3.63, 3.8) is 0 Å². The molecule has 1 unspecified atom stereocenters. The number of fused-ring (bicyclic) bond motifs is 1. The average molecular weight is 285 g/mol. The van der Waals surface area contributed by atoms with Gasteiger partial charge in [-0.05, 0) is 44.2 Å². The number of sulfonamides is 1. The van der Waals surface area contributed by atoms with Gasteiger partial charge in [0.15, 0.2) is 0 Å². The molecule has 0 radical (unpaired) electrons. The molecule has 0 aliphatic heterocycles. The fourth-order valence-electron chi connectivity index (χ4n) is 2.81. The highest BCUT2D eigenvalue weighted by atomic mass is 32.2. The Hall–Kier alpha value is -0.850. The minimum absolute atomic E-state index is 0.165. The summed E-state index contributed by atoms with van der Waals surface area (Å²) in [6, 6.07) is 2.35. The Morgan fingerprint density at radius 2 is 2.26 bits per heavy atom. The lowest BCUT2D eigenvalue weighted by molar-refractivity contribution is 0.525. The zero-order valence-electron chi connectivity index (χ0n) is 11.6. The third kappa shape index (κ3) is 3.58. The fourth-order valence-corrected chi connectivity index (χ4v) is 3.32. The zero-order chi connectivity index (χ0) is 14.0. The standard InChI is InChI=1S/C13H23N3O2S/c1-10-9-11-12(14)5-3-6-13(11)16(10)8-4-7-15-19(2,17)18/h9,12,15H,3-8,14H2,1-2H3. The van der Waals surface area contributed by atoms with Crippen LogP contribution in [-0.2, 0) is 23.0 Å². The summed E-state index contributed by atoms with van der Waals surface area (Å²) in [4.78, 5) is 0. The van der Waals surface area contributed by atoms with Gasteiger partial charge in [0.1, 0.15) is 0 Å². The van der Waals surface area contributed by atoms with E-state index in [-0.39, 0.29) is 6.04 Å². The quantitative estimate of drug-likeness (QED) is 0.795. The maximum atomic E-state index is 11.0. The molecule has 0 fully saturated rings. The number of nitrogens with one attached hydrogen (secondary N) is 1. The van der Waals surface area contributed by atoms with Gasteiger partial charge in [-0.15, -0.1) is 0 Å². The molecular weight excluding hydrogens is 262 g/mol. The van der Waals surface area contributed by atoms with Gasteiger partial charge >= 0.3 is 0 Å². The first-order chi connectivity index (χ1) is 8.88. The minimum Gasteiger partial charge on any atom is -0.348 e. The molecule has 108 valence electrons. The molecule has 1 atom stereocenters. The van der Waals surface area contributed by atoms with Gasteiger partial charge in [0, 0.05) is 30.5 Å². The summed E-state index contributed by atoms with van der Waals surface area (Å²) in [6.07, 6.45) is 5.26. The van der Waals surface area contributed by atoms with Crippen molar-refractivity contribution in [1.82, 2.24) is 9.29 Å². The molecule has 0 amide bonds. The van der Waals surface area contributed by atoms with Crippen molar-refractivity contribution in [3.05, 3.63) is 23.0 Å². The van der Waals surface area contributed by atoms with E-state index in [0.717, 1.165) is 32.2 Å². The maximum absolute atomic E-state index is 11.0. The first-order valence-electron chi connectivity index (χ1n) is 6.77. The fraction of sp³-hybridized carbons (Fsp3) is 0.692. The molecule has 0 aromatic carbocycles. The second-order valence-corrected chi connectivity index (χ2v) is 7.19. The van der Waals surface area contributed by atoms with Crippen LogP contribution in [0.3, 0.4) is 0 Å². The van der Waals surface area contributed by atoms with Gasteiger partial charge in [-0.1, -0.05) is 0 Å². The molecule has 1 heterocycles. The summed E-state index contributed by atoms with van der Waals surface area (Å²) in [5, 5.41) is 0. The van der Waals surface area contributed by atoms with E-state index < -0.39 is 10.0 Å². The Kier molecular flexibility index (Phi) is 4.32. The van der Waals surface area contributed by atoms with Gasteiger partial charge < -0.3 is 10.3 Å². The summed E-state index contributed by atoms with van der Waals surface area (Å²) in [6.45, 7) is 3.42. The Morgan fingerprint density at radius 3 is 2.95 bits per heavy atom. The molecule has 6 heteroatoms.